The van der Waals surface area contributed by atoms with Crippen LogP contribution in [0.4, 0.5) is 8.78 Å². The van der Waals surface area contributed by atoms with Gasteiger partial charge in [-0.05, 0) is 53.9 Å². The van der Waals surface area contributed by atoms with Crippen LogP contribution in [0.5, 0.6) is 0 Å². The largest absolute Gasteiger partial charge is 0.313 e. The van der Waals surface area contributed by atoms with E-state index in [0.29, 0.717) is 11.5 Å². The average Bonchev–Trinajstić information content (AvgIpc) is 2.80. The molecule has 17 heavy (non-hydrogen) atoms. The number of halogens is 3. The smallest absolute Gasteiger partial charge is 0.137 e. The molecule has 0 heterocycles. The molecule has 1 aliphatic carbocycles. The fourth-order valence-electron chi connectivity index (χ4n) is 2.71. The Morgan fingerprint density at radius 3 is 2.47 bits per heavy atom. The summed E-state index contributed by atoms with van der Waals surface area (Å²) in [5, 5.41) is 3.13. The molecule has 2 rings (SSSR count). The zero-order chi connectivity index (χ0) is 12.4. The molecule has 0 spiro atoms. The van der Waals surface area contributed by atoms with Crippen LogP contribution in [-0.4, -0.2) is 7.05 Å². The molecule has 1 aromatic rings. The molecule has 1 saturated carbocycles. The minimum atomic E-state index is -0.403. The van der Waals surface area contributed by atoms with Crippen LogP contribution in [0.2, 0.25) is 0 Å². The first kappa shape index (κ1) is 13.0. The maximum Gasteiger partial charge on any atom is 0.137 e. The first-order valence-electron chi connectivity index (χ1n) is 5.95. The third kappa shape index (κ3) is 2.68. The summed E-state index contributed by atoms with van der Waals surface area (Å²) >= 11 is 3.00. The van der Waals surface area contributed by atoms with Crippen LogP contribution in [0, 0.1) is 17.6 Å². The van der Waals surface area contributed by atoms with E-state index in [9.17, 15) is 8.78 Å². The molecule has 1 fully saturated rings. The molecular formula is C13H16BrF2N. The first-order chi connectivity index (χ1) is 8.13. The van der Waals surface area contributed by atoms with Crippen molar-refractivity contribution in [3.05, 3.63) is 33.8 Å². The van der Waals surface area contributed by atoms with Gasteiger partial charge in [-0.2, -0.15) is 0 Å². The molecule has 1 unspecified atom stereocenters. The maximum atomic E-state index is 13.9. The second kappa shape index (κ2) is 5.44. The summed E-state index contributed by atoms with van der Waals surface area (Å²) in [6, 6.07) is 2.43. The summed E-state index contributed by atoms with van der Waals surface area (Å²) < 4.78 is 27.6. The minimum Gasteiger partial charge on any atom is -0.313 e. The summed E-state index contributed by atoms with van der Waals surface area (Å²) in [6.45, 7) is 0. The van der Waals surface area contributed by atoms with E-state index < -0.39 is 5.82 Å². The van der Waals surface area contributed by atoms with Crippen LogP contribution < -0.4 is 5.32 Å². The van der Waals surface area contributed by atoms with Crippen LogP contribution in [0.25, 0.3) is 0 Å². The number of hydrogen-bond acceptors (Lipinski definition) is 1. The fraction of sp³-hybridized carbons (Fsp3) is 0.538. The average molecular weight is 304 g/mol. The van der Waals surface area contributed by atoms with E-state index in [1.54, 1.807) is 0 Å². The molecule has 0 radical (unpaired) electrons. The number of nitrogens with one attached hydrogen (secondary N) is 1. The van der Waals surface area contributed by atoms with Crippen molar-refractivity contribution in [1.82, 2.24) is 5.32 Å². The molecule has 0 saturated heterocycles. The molecule has 0 amide bonds. The Labute approximate surface area is 109 Å². The highest BCUT2D eigenvalue weighted by molar-refractivity contribution is 9.10. The SMILES string of the molecule is CNC(c1cc(F)c(Br)cc1F)C1CCCC1. The van der Waals surface area contributed by atoms with Gasteiger partial charge in [-0.1, -0.05) is 12.8 Å². The summed E-state index contributed by atoms with van der Waals surface area (Å²) in [5.41, 5.74) is 0.445. The van der Waals surface area contributed by atoms with Gasteiger partial charge in [0, 0.05) is 11.6 Å². The van der Waals surface area contributed by atoms with Gasteiger partial charge in [0.25, 0.3) is 0 Å². The lowest BCUT2D eigenvalue weighted by molar-refractivity contribution is 0.376. The van der Waals surface area contributed by atoms with Crippen molar-refractivity contribution in [1.29, 1.82) is 0 Å². The van der Waals surface area contributed by atoms with Crippen LogP contribution in [-0.2, 0) is 0 Å². The van der Waals surface area contributed by atoms with Crippen molar-refractivity contribution in [2.75, 3.05) is 7.05 Å². The Morgan fingerprint density at radius 2 is 1.88 bits per heavy atom. The van der Waals surface area contributed by atoms with Crippen LogP contribution in [0.3, 0.4) is 0 Å². The molecule has 1 atom stereocenters. The molecule has 1 nitrogen and oxygen atoms in total. The Kier molecular flexibility index (Phi) is 4.15. The van der Waals surface area contributed by atoms with E-state index in [-0.39, 0.29) is 16.3 Å². The summed E-state index contributed by atoms with van der Waals surface area (Å²) in [6.07, 6.45) is 4.54. The Bertz CT molecular complexity index is 403. The Hall–Kier alpha value is -0.480. The van der Waals surface area contributed by atoms with Gasteiger partial charge in [0.05, 0.1) is 4.47 Å². The van der Waals surface area contributed by atoms with Crippen molar-refractivity contribution in [3.8, 4) is 0 Å². The molecule has 1 aliphatic rings. The lowest BCUT2D eigenvalue weighted by Crippen LogP contribution is -2.24. The topological polar surface area (TPSA) is 12.0 Å². The number of hydrogen-bond donors (Lipinski definition) is 1. The molecular weight excluding hydrogens is 288 g/mol. The van der Waals surface area contributed by atoms with Gasteiger partial charge in [-0.3, -0.25) is 0 Å². The minimum absolute atomic E-state index is 0.0832. The van der Waals surface area contributed by atoms with Gasteiger partial charge in [-0.15, -0.1) is 0 Å². The van der Waals surface area contributed by atoms with Gasteiger partial charge >= 0.3 is 0 Å². The van der Waals surface area contributed by atoms with Crippen molar-refractivity contribution in [2.45, 2.75) is 31.7 Å². The van der Waals surface area contributed by atoms with Crippen molar-refractivity contribution < 1.29 is 8.78 Å². The third-order valence-electron chi connectivity index (χ3n) is 3.56. The Morgan fingerprint density at radius 1 is 1.24 bits per heavy atom. The van der Waals surface area contributed by atoms with Crippen molar-refractivity contribution in [2.24, 2.45) is 5.92 Å². The molecule has 0 aromatic heterocycles. The fourth-order valence-corrected chi connectivity index (χ4v) is 3.03. The highest BCUT2D eigenvalue weighted by Crippen LogP contribution is 2.37. The second-order valence-corrected chi connectivity index (χ2v) is 5.45. The van der Waals surface area contributed by atoms with E-state index in [4.69, 9.17) is 0 Å². The van der Waals surface area contributed by atoms with Crippen molar-refractivity contribution >= 4 is 15.9 Å². The molecule has 1 N–H and O–H groups in total. The highest BCUT2D eigenvalue weighted by atomic mass is 79.9. The van der Waals surface area contributed by atoms with E-state index >= 15 is 0 Å². The molecule has 94 valence electrons. The van der Waals surface area contributed by atoms with Gasteiger partial charge in [0.2, 0.25) is 0 Å². The van der Waals surface area contributed by atoms with Gasteiger partial charge < -0.3 is 5.32 Å². The van der Waals surface area contributed by atoms with Crippen LogP contribution >= 0.6 is 15.9 Å². The van der Waals surface area contributed by atoms with Gasteiger partial charge in [0.1, 0.15) is 11.6 Å². The maximum absolute atomic E-state index is 13.9. The van der Waals surface area contributed by atoms with Gasteiger partial charge in [-0.25, -0.2) is 8.78 Å². The van der Waals surface area contributed by atoms with E-state index in [1.807, 2.05) is 7.05 Å². The lowest BCUT2D eigenvalue weighted by Gasteiger charge is -2.24. The normalized spacial score (nSPS) is 18.6. The molecule has 4 heteroatoms. The van der Waals surface area contributed by atoms with Gasteiger partial charge in [0.15, 0.2) is 0 Å². The van der Waals surface area contributed by atoms with E-state index in [0.717, 1.165) is 12.8 Å². The summed E-state index contributed by atoms with van der Waals surface area (Å²) in [4.78, 5) is 0. The molecule has 0 aliphatic heterocycles. The second-order valence-electron chi connectivity index (χ2n) is 4.60. The molecule has 1 aromatic carbocycles. The van der Waals surface area contributed by atoms with Crippen molar-refractivity contribution in [3.63, 3.8) is 0 Å². The summed E-state index contributed by atoms with van der Waals surface area (Å²) in [5.74, 6) is -0.334. The standard InChI is InChI=1S/C13H16BrF2N/c1-17-13(8-4-2-3-5-8)9-6-12(16)10(14)7-11(9)15/h6-8,13,17H,2-5H2,1H3. The third-order valence-corrected chi connectivity index (χ3v) is 4.16. The van der Waals surface area contributed by atoms with Crippen LogP contribution in [0.15, 0.2) is 16.6 Å². The molecule has 0 bridgehead atoms. The lowest BCUT2D eigenvalue weighted by atomic mass is 9.91. The summed E-state index contributed by atoms with van der Waals surface area (Å²) in [7, 11) is 1.81. The highest BCUT2D eigenvalue weighted by Gasteiger charge is 2.27. The predicted octanol–water partition coefficient (Wildman–Crippen LogP) is 4.18. The predicted molar refractivity (Wildman–Crippen MR) is 67.8 cm³/mol. The zero-order valence-corrected chi connectivity index (χ0v) is 11.4. The number of benzene rings is 1. The first-order valence-corrected chi connectivity index (χ1v) is 6.74. The quantitative estimate of drug-likeness (QED) is 0.826. The monoisotopic (exact) mass is 303 g/mol. The number of rotatable bonds is 3. The van der Waals surface area contributed by atoms with E-state index in [2.05, 4.69) is 21.2 Å². The zero-order valence-electron chi connectivity index (χ0n) is 9.77. The Balaban J connectivity index is 2.32. The van der Waals surface area contributed by atoms with Crippen LogP contribution in [0.1, 0.15) is 37.3 Å². The van der Waals surface area contributed by atoms with E-state index in [1.165, 1.54) is 25.0 Å².